The summed E-state index contributed by atoms with van der Waals surface area (Å²) in [4.78, 5) is 19.9. The second-order valence-corrected chi connectivity index (χ2v) is 7.88. The van der Waals surface area contributed by atoms with E-state index in [-0.39, 0.29) is 0 Å². The molecule has 3 N–H and O–H groups in total. The highest BCUT2D eigenvalue weighted by Gasteiger charge is 2.34. The number of piperidine rings is 1. The van der Waals surface area contributed by atoms with Crippen molar-refractivity contribution in [2.45, 2.75) is 19.3 Å². The van der Waals surface area contributed by atoms with Crippen LogP contribution in [0.2, 0.25) is 0 Å². The van der Waals surface area contributed by atoms with Gasteiger partial charge in [-0.25, -0.2) is 19.9 Å². The van der Waals surface area contributed by atoms with E-state index in [0.717, 1.165) is 46.1 Å². The zero-order chi connectivity index (χ0) is 16.8. The summed E-state index contributed by atoms with van der Waals surface area (Å²) < 4.78 is 1.05. The second-order valence-electron chi connectivity index (χ2n) is 6.91. The first-order valence-electron chi connectivity index (χ1n) is 8.59. The monoisotopic (exact) mass is 353 g/mol. The van der Waals surface area contributed by atoms with E-state index in [2.05, 4.69) is 25.2 Å². The summed E-state index contributed by atoms with van der Waals surface area (Å²) in [5.41, 5.74) is 6.70. The fraction of sp³-hybridized carbons (Fsp3) is 0.412. The van der Waals surface area contributed by atoms with Crippen molar-refractivity contribution in [1.82, 2.24) is 19.9 Å². The van der Waals surface area contributed by atoms with Gasteiger partial charge in [0.05, 0.1) is 10.2 Å². The third kappa shape index (κ3) is 2.76. The summed E-state index contributed by atoms with van der Waals surface area (Å²) in [5, 5.41) is 4.35. The first-order valence-corrected chi connectivity index (χ1v) is 9.41. The summed E-state index contributed by atoms with van der Waals surface area (Å²) in [6, 6.07) is 3.66. The van der Waals surface area contributed by atoms with Gasteiger partial charge in [-0.3, -0.25) is 0 Å². The lowest BCUT2D eigenvalue weighted by Crippen LogP contribution is -2.36. The predicted molar refractivity (Wildman–Crippen MR) is 100 cm³/mol. The van der Waals surface area contributed by atoms with Gasteiger partial charge in [0.15, 0.2) is 10.9 Å². The zero-order valence-corrected chi connectivity index (χ0v) is 14.5. The molecule has 1 saturated carbocycles. The number of nitrogens with two attached hydrogens (primary N) is 1. The van der Waals surface area contributed by atoms with Gasteiger partial charge in [-0.15, -0.1) is 0 Å². The van der Waals surface area contributed by atoms with Crippen LogP contribution in [0.3, 0.4) is 0 Å². The standard InChI is InChI=1S/C17H19N7S/c18-13-6-14(21-9-20-13)23-16-15-12(3-4-19-16)22-17(25-15)24-7-10-1-2-11(5-10)8-24/h3-4,6,9-11H,1-2,5,7-8H2,(H3,18,19,20,21,23)/t10-,11+. The van der Waals surface area contributed by atoms with Gasteiger partial charge in [-0.1, -0.05) is 11.3 Å². The van der Waals surface area contributed by atoms with Crippen molar-refractivity contribution in [3.8, 4) is 0 Å². The van der Waals surface area contributed by atoms with E-state index in [1.165, 1.54) is 25.6 Å². The van der Waals surface area contributed by atoms with Gasteiger partial charge < -0.3 is 16.0 Å². The Labute approximate surface area is 149 Å². The number of rotatable bonds is 3. The number of nitrogen functional groups attached to an aromatic ring is 1. The number of fused-ring (bicyclic) bond motifs is 3. The molecule has 0 spiro atoms. The number of thiazole rings is 1. The summed E-state index contributed by atoms with van der Waals surface area (Å²) in [7, 11) is 0. The van der Waals surface area contributed by atoms with Crippen molar-refractivity contribution in [2.75, 3.05) is 29.0 Å². The third-order valence-electron chi connectivity index (χ3n) is 5.11. The minimum Gasteiger partial charge on any atom is -0.384 e. The average molecular weight is 353 g/mol. The Bertz CT molecular complexity index is 912. The fourth-order valence-electron chi connectivity index (χ4n) is 3.99. The highest BCUT2D eigenvalue weighted by molar-refractivity contribution is 7.22. The van der Waals surface area contributed by atoms with Crippen LogP contribution in [0.15, 0.2) is 24.7 Å². The molecule has 5 rings (SSSR count). The molecule has 4 heterocycles. The molecule has 3 aromatic heterocycles. The highest BCUT2D eigenvalue weighted by atomic mass is 32.1. The van der Waals surface area contributed by atoms with Gasteiger partial charge in [0.2, 0.25) is 0 Å². The molecular weight excluding hydrogens is 334 g/mol. The summed E-state index contributed by atoms with van der Waals surface area (Å²) in [6.07, 6.45) is 7.36. The van der Waals surface area contributed by atoms with E-state index < -0.39 is 0 Å². The lowest BCUT2D eigenvalue weighted by Gasteiger charge is -2.31. The molecule has 2 bridgehead atoms. The Morgan fingerprint density at radius 3 is 2.80 bits per heavy atom. The quantitative estimate of drug-likeness (QED) is 0.747. The lowest BCUT2D eigenvalue weighted by atomic mass is 9.99. The van der Waals surface area contributed by atoms with Crippen LogP contribution in [0, 0.1) is 11.8 Å². The van der Waals surface area contributed by atoms with Crippen LogP contribution in [0.5, 0.6) is 0 Å². The van der Waals surface area contributed by atoms with Crippen LogP contribution in [-0.2, 0) is 0 Å². The number of pyridine rings is 1. The van der Waals surface area contributed by atoms with Crippen molar-refractivity contribution in [3.63, 3.8) is 0 Å². The minimum absolute atomic E-state index is 0.429. The molecule has 128 valence electrons. The number of anilines is 4. The number of hydrogen-bond donors (Lipinski definition) is 2. The molecule has 2 aliphatic rings. The SMILES string of the molecule is Nc1cc(Nc2nccc3nc(N4C[C@@H]5CC[C@@H](C5)C4)sc23)ncn1. The molecule has 7 nitrogen and oxygen atoms in total. The fourth-order valence-corrected chi connectivity index (χ4v) is 5.02. The van der Waals surface area contributed by atoms with E-state index in [9.17, 15) is 0 Å². The van der Waals surface area contributed by atoms with Crippen LogP contribution >= 0.6 is 11.3 Å². The molecule has 25 heavy (non-hydrogen) atoms. The van der Waals surface area contributed by atoms with Crippen molar-refractivity contribution >= 4 is 44.1 Å². The van der Waals surface area contributed by atoms with Crippen LogP contribution in [-0.4, -0.2) is 33.0 Å². The van der Waals surface area contributed by atoms with Crippen molar-refractivity contribution in [1.29, 1.82) is 0 Å². The first kappa shape index (κ1) is 14.8. The predicted octanol–water partition coefficient (Wildman–Crippen LogP) is 3.04. The van der Waals surface area contributed by atoms with Crippen molar-refractivity contribution < 1.29 is 0 Å². The van der Waals surface area contributed by atoms with Gasteiger partial charge in [-0.2, -0.15) is 0 Å². The Morgan fingerprint density at radius 2 is 2.00 bits per heavy atom. The Balaban J connectivity index is 1.48. The second kappa shape index (κ2) is 5.80. The Hall–Kier alpha value is -2.48. The molecule has 0 amide bonds. The number of nitrogens with zero attached hydrogens (tertiary/aromatic N) is 5. The minimum atomic E-state index is 0.429. The molecule has 8 heteroatoms. The maximum Gasteiger partial charge on any atom is 0.186 e. The number of aromatic nitrogens is 4. The van der Waals surface area contributed by atoms with Gasteiger partial charge in [0.25, 0.3) is 0 Å². The molecule has 0 unspecified atom stereocenters. The number of nitrogens with one attached hydrogen (secondary N) is 1. The molecule has 2 atom stereocenters. The molecular formula is C17H19N7S. The topological polar surface area (TPSA) is 92.8 Å². The Kier molecular flexibility index (Phi) is 3.44. The van der Waals surface area contributed by atoms with Crippen molar-refractivity contribution in [3.05, 3.63) is 24.7 Å². The van der Waals surface area contributed by atoms with E-state index in [1.807, 2.05) is 6.07 Å². The van der Waals surface area contributed by atoms with Gasteiger partial charge in [-0.05, 0) is 37.2 Å². The van der Waals surface area contributed by atoms with E-state index in [0.29, 0.717) is 11.6 Å². The largest absolute Gasteiger partial charge is 0.384 e. The van der Waals surface area contributed by atoms with E-state index >= 15 is 0 Å². The van der Waals surface area contributed by atoms with E-state index in [1.54, 1.807) is 23.6 Å². The maximum absolute atomic E-state index is 5.73. The number of hydrogen-bond acceptors (Lipinski definition) is 8. The molecule has 0 radical (unpaired) electrons. The van der Waals surface area contributed by atoms with Crippen LogP contribution in [0.1, 0.15) is 19.3 Å². The van der Waals surface area contributed by atoms with Gasteiger partial charge >= 0.3 is 0 Å². The van der Waals surface area contributed by atoms with Crippen molar-refractivity contribution in [2.24, 2.45) is 11.8 Å². The third-order valence-corrected chi connectivity index (χ3v) is 6.24. The first-order chi connectivity index (χ1) is 12.2. The Morgan fingerprint density at radius 1 is 1.16 bits per heavy atom. The van der Waals surface area contributed by atoms with Gasteiger partial charge in [0, 0.05) is 25.4 Å². The average Bonchev–Trinajstić information content (AvgIpc) is 3.19. The van der Waals surface area contributed by atoms with Gasteiger partial charge in [0.1, 0.15) is 18.0 Å². The molecule has 3 aromatic rings. The smallest absolute Gasteiger partial charge is 0.186 e. The normalized spacial score (nSPS) is 22.5. The van der Waals surface area contributed by atoms with Crippen LogP contribution < -0.4 is 16.0 Å². The molecule has 1 aliphatic heterocycles. The zero-order valence-electron chi connectivity index (χ0n) is 13.7. The molecule has 1 aliphatic carbocycles. The maximum atomic E-state index is 5.73. The van der Waals surface area contributed by atoms with Crippen LogP contribution in [0.4, 0.5) is 22.6 Å². The highest BCUT2D eigenvalue weighted by Crippen LogP contribution is 2.41. The summed E-state index contributed by atoms with van der Waals surface area (Å²) in [5.74, 6) is 3.51. The lowest BCUT2D eigenvalue weighted by molar-refractivity contribution is 0.421. The van der Waals surface area contributed by atoms with E-state index in [4.69, 9.17) is 10.7 Å². The summed E-state index contributed by atoms with van der Waals surface area (Å²) in [6.45, 7) is 2.27. The molecule has 0 aromatic carbocycles. The molecule has 1 saturated heterocycles. The summed E-state index contributed by atoms with van der Waals surface area (Å²) >= 11 is 1.70. The van der Waals surface area contributed by atoms with Crippen LogP contribution in [0.25, 0.3) is 10.2 Å². The molecule has 2 fully saturated rings.